The quantitative estimate of drug-likeness (QED) is 0.0796. The summed E-state index contributed by atoms with van der Waals surface area (Å²) < 4.78 is 1.96. The Hall–Kier alpha value is -5.56. The average Bonchev–Trinajstić information content (AvgIpc) is 3.25. The molecule has 8 aromatic rings. The van der Waals surface area contributed by atoms with Crippen LogP contribution in [0.25, 0.3) is 78.1 Å². The molecule has 0 aliphatic heterocycles. The van der Waals surface area contributed by atoms with E-state index in [1.165, 1.54) is 13.0 Å². The molecule has 0 spiro atoms. The van der Waals surface area contributed by atoms with Crippen molar-refractivity contribution in [3.8, 4) is 78.1 Å². The fourth-order valence-electron chi connectivity index (χ4n) is 7.25. The molecule has 2 heterocycles. The molecule has 0 saturated carbocycles. The molecule has 2 aromatic heterocycles. The molecule has 4 nitrogen and oxygen atoms in total. The molecule has 59 heavy (non-hydrogen) atoms. The molecule has 0 bridgehead atoms. The number of ketones is 1. The van der Waals surface area contributed by atoms with Gasteiger partial charge in [-0.05, 0) is 104 Å². The molecule has 0 unspecified atom stereocenters. The fourth-order valence-corrected chi connectivity index (χ4v) is 7.97. The first-order valence-electron chi connectivity index (χ1n) is 18.9. The minimum atomic E-state index is -0.109. The molecule has 291 valence electrons. The molecule has 6 aromatic carbocycles. The predicted molar refractivity (Wildman–Crippen MR) is 243 cm³/mol. The zero-order chi connectivity index (χ0) is 40.0. The van der Waals surface area contributed by atoms with Gasteiger partial charge in [-0.15, -0.1) is 59.7 Å². The summed E-state index contributed by atoms with van der Waals surface area (Å²) in [5.41, 5.74) is 15.0. The minimum absolute atomic E-state index is 0. The number of aryl methyl sites for hydroxylation is 1. The fraction of sp³-hybridized carbons (Fsp3) is 0.0577. The van der Waals surface area contributed by atoms with E-state index in [0.29, 0.717) is 6.42 Å². The van der Waals surface area contributed by atoms with E-state index in [9.17, 15) is 9.90 Å². The molecular formula is C52H36Br2IrN2O2-2. The number of aliphatic hydroxyl groups is 1. The number of halogens is 2. The number of hydrogen-bond donors (Lipinski definition) is 1. The summed E-state index contributed by atoms with van der Waals surface area (Å²) >= 11 is 7.14. The molecule has 0 amide bonds. The largest absolute Gasteiger partial charge is 0.512 e. The molecule has 0 aliphatic carbocycles. The zero-order valence-electron chi connectivity index (χ0n) is 31.9. The van der Waals surface area contributed by atoms with Crippen molar-refractivity contribution in [3.63, 3.8) is 0 Å². The minimum Gasteiger partial charge on any atom is -0.512 e. The zero-order valence-corrected chi connectivity index (χ0v) is 37.5. The van der Waals surface area contributed by atoms with Crippen molar-refractivity contribution in [1.82, 2.24) is 9.97 Å². The van der Waals surface area contributed by atoms with Crippen LogP contribution in [0.5, 0.6) is 0 Å². The molecule has 7 heteroatoms. The van der Waals surface area contributed by atoms with Crippen molar-refractivity contribution in [2.75, 3.05) is 0 Å². The van der Waals surface area contributed by atoms with Crippen LogP contribution in [0.4, 0.5) is 0 Å². The Bertz CT molecular complexity index is 2650. The third-order valence-electron chi connectivity index (χ3n) is 9.98. The van der Waals surface area contributed by atoms with Gasteiger partial charge in [0.05, 0.1) is 5.76 Å². The number of rotatable bonds is 11. The van der Waals surface area contributed by atoms with Crippen LogP contribution in [-0.2, 0) is 31.3 Å². The number of nitrogens with zero attached hydrogens (tertiary/aromatic N) is 2. The smallest absolute Gasteiger partial charge is 0.159 e. The van der Waals surface area contributed by atoms with E-state index in [0.717, 1.165) is 92.7 Å². The number of allylic oxidation sites excluding steroid dienone is 2. The summed E-state index contributed by atoms with van der Waals surface area (Å²) in [7, 11) is 0. The van der Waals surface area contributed by atoms with Crippen LogP contribution < -0.4 is 0 Å². The molecule has 0 fully saturated rings. The van der Waals surface area contributed by atoms with Gasteiger partial charge >= 0.3 is 0 Å². The first kappa shape index (κ1) is 41.6. The average molecular weight is 1070 g/mol. The summed E-state index contributed by atoms with van der Waals surface area (Å²) in [5, 5.41) is 9.72. The first-order chi connectivity index (χ1) is 28.3. The number of carbonyl (C=O) groups excluding carboxylic acids is 1. The van der Waals surface area contributed by atoms with Crippen molar-refractivity contribution in [1.29, 1.82) is 0 Å². The predicted octanol–water partition coefficient (Wildman–Crippen LogP) is 14.2. The van der Waals surface area contributed by atoms with E-state index in [4.69, 9.17) is 9.97 Å². The van der Waals surface area contributed by atoms with Crippen LogP contribution in [0, 0.1) is 12.1 Å². The van der Waals surface area contributed by atoms with Crippen molar-refractivity contribution in [2.24, 2.45) is 0 Å². The second kappa shape index (κ2) is 19.0. The second-order valence-electron chi connectivity index (χ2n) is 14.0. The molecule has 0 saturated heterocycles. The van der Waals surface area contributed by atoms with Crippen molar-refractivity contribution >= 4 is 37.6 Å². The number of aromatic nitrogens is 2. The first-order valence-corrected chi connectivity index (χ1v) is 20.5. The van der Waals surface area contributed by atoms with Gasteiger partial charge in [0, 0.05) is 45.0 Å². The van der Waals surface area contributed by atoms with Gasteiger partial charge in [0.25, 0.3) is 0 Å². The standard InChI is InChI=1S/C52H36Br2N2O2.Ir/c1-34(57)26-45(58)23-20-35-10-2-3-15-46(35)40-27-41(49-18-6-4-16-47(49)38-21-24-51(55-32-38)36-11-8-13-43(53)30-36)29-42(28-40)50-19-7-5-17-48(50)39-22-25-52(56-33-39)37-12-9-14-44(54)31-37;/h2-10,13-19,21-22,24-33,57H,20,23H2,1H3;/q-2;/b34-26-;. The van der Waals surface area contributed by atoms with E-state index < -0.39 is 0 Å². The van der Waals surface area contributed by atoms with E-state index >= 15 is 0 Å². The van der Waals surface area contributed by atoms with Crippen LogP contribution in [0.3, 0.4) is 0 Å². The molecular weight excluding hydrogens is 1040 g/mol. The number of hydrogen-bond acceptors (Lipinski definition) is 4. The van der Waals surface area contributed by atoms with E-state index in [1.54, 1.807) is 0 Å². The van der Waals surface area contributed by atoms with Gasteiger partial charge in [-0.1, -0.05) is 138 Å². The number of benzene rings is 6. The van der Waals surface area contributed by atoms with E-state index in [-0.39, 0.29) is 38.1 Å². The van der Waals surface area contributed by atoms with Crippen molar-refractivity contribution in [2.45, 2.75) is 19.8 Å². The van der Waals surface area contributed by atoms with Gasteiger partial charge in [0.2, 0.25) is 0 Å². The van der Waals surface area contributed by atoms with E-state index in [1.807, 2.05) is 73.1 Å². The summed E-state index contributed by atoms with van der Waals surface area (Å²) in [6, 6.07) is 58.5. The van der Waals surface area contributed by atoms with Crippen molar-refractivity contribution in [3.05, 3.63) is 203 Å². The van der Waals surface area contributed by atoms with Gasteiger partial charge in [-0.25, -0.2) is 0 Å². The Morgan fingerprint density at radius 1 is 0.576 bits per heavy atom. The Balaban J connectivity index is 0.00000528. The molecule has 0 atom stereocenters. The van der Waals surface area contributed by atoms with Gasteiger partial charge in [0.1, 0.15) is 0 Å². The third-order valence-corrected chi connectivity index (χ3v) is 11.0. The molecule has 8 rings (SSSR count). The summed E-state index contributed by atoms with van der Waals surface area (Å²) in [5.74, 6) is -0.0949. The summed E-state index contributed by atoms with van der Waals surface area (Å²) in [6.07, 6.45) is 5.98. The summed E-state index contributed by atoms with van der Waals surface area (Å²) in [6.45, 7) is 1.52. The Kier molecular flexibility index (Phi) is 13.4. The van der Waals surface area contributed by atoms with Crippen molar-refractivity contribution < 1.29 is 30.0 Å². The molecule has 0 aliphatic rings. The van der Waals surface area contributed by atoms with Gasteiger partial charge in [0.15, 0.2) is 5.78 Å². The summed E-state index contributed by atoms with van der Waals surface area (Å²) in [4.78, 5) is 22.4. The monoisotopic (exact) mass is 1070 g/mol. The normalized spacial score (nSPS) is 11.2. The Morgan fingerprint density at radius 3 is 1.42 bits per heavy atom. The SMILES string of the molecule is C/C(O)=C/C(=O)CCc1ccccc1-c1cc(-c2ccccc2-c2ccc(-c3[c-]ccc(Br)c3)nc2)cc(-c2ccccc2-c2ccc(-c3[c-]ccc(Br)c3)nc2)c1.[Ir]. The molecule has 1 N–H and O–H groups in total. The van der Waals surface area contributed by atoms with Crippen LogP contribution in [0.15, 0.2) is 185 Å². The van der Waals surface area contributed by atoms with Crippen LogP contribution >= 0.6 is 31.9 Å². The van der Waals surface area contributed by atoms with E-state index in [2.05, 4.69) is 135 Å². The van der Waals surface area contributed by atoms with Gasteiger partial charge in [-0.3, -0.25) is 4.79 Å². The van der Waals surface area contributed by atoms with Crippen LogP contribution in [0.1, 0.15) is 18.9 Å². The van der Waals surface area contributed by atoms with Gasteiger partial charge in [-0.2, -0.15) is 0 Å². The third kappa shape index (κ3) is 9.84. The Morgan fingerprint density at radius 2 is 1.00 bits per heavy atom. The number of carbonyl (C=O) groups is 1. The maximum atomic E-state index is 12.7. The Labute approximate surface area is 375 Å². The number of aliphatic hydroxyl groups excluding tert-OH is 1. The van der Waals surface area contributed by atoms with Crippen LogP contribution in [0.2, 0.25) is 0 Å². The topological polar surface area (TPSA) is 63.1 Å². The maximum absolute atomic E-state index is 12.7. The van der Waals surface area contributed by atoms with Crippen LogP contribution in [-0.4, -0.2) is 20.9 Å². The maximum Gasteiger partial charge on any atom is 0.159 e. The second-order valence-corrected chi connectivity index (χ2v) is 15.8. The van der Waals surface area contributed by atoms with Gasteiger partial charge < -0.3 is 15.1 Å². The number of pyridine rings is 2. The molecule has 1 radical (unpaired) electrons.